The zero-order chi connectivity index (χ0) is 17.3. The van der Waals surface area contributed by atoms with Crippen molar-refractivity contribution in [3.63, 3.8) is 0 Å². The number of ether oxygens (including phenoxy) is 1. The van der Waals surface area contributed by atoms with Crippen molar-refractivity contribution in [1.29, 1.82) is 0 Å². The third kappa shape index (κ3) is 2.86. The first-order valence-corrected chi connectivity index (χ1v) is 9.43. The number of nitrogens with zero attached hydrogens (tertiary/aromatic N) is 1. The van der Waals surface area contributed by atoms with E-state index >= 15 is 0 Å². The maximum Gasteiger partial charge on any atom is 0.0787 e. The molecule has 130 valence electrons. The lowest BCUT2D eigenvalue weighted by molar-refractivity contribution is 0.0252. The Morgan fingerprint density at radius 1 is 0.808 bits per heavy atom. The van der Waals surface area contributed by atoms with Crippen LogP contribution in [-0.4, -0.2) is 24.1 Å². The maximum absolute atomic E-state index is 6.32. The van der Waals surface area contributed by atoms with Crippen molar-refractivity contribution in [3.05, 3.63) is 95.6 Å². The number of hydrogen-bond acceptors (Lipinski definition) is 2. The van der Waals surface area contributed by atoms with Crippen LogP contribution >= 0.6 is 0 Å². The summed E-state index contributed by atoms with van der Waals surface area (Å²) in [5.41, 5.74) is 6.85. The Kier molecular flexibility index (Phi) is 4.08. The van der Waals surface area contributed by atoms with Crippen LogP contribution in [0.15, 0.2) is 78.9 Å². The van der Waals surface area contributed by atoms with E-state index in [-0.39, 0.29) is 0 Å². The first kappa shape index (κ1) is 15.8. The molecule has 0 aromatic heterocycles. The van der Waals surface area contributed by atoms with Crippen molar-refractivity contribution in [2.24, 2.45) is 0 Å². The zero-order valence-corrected chi connectivity index (χ0v) is 14.8. The van der Waals surface area contributed by atoms with Gasteiger partial charge in [-0.2, -0.15) is 0 Å². The molecule has 3 aromatic carbocycles. The molecule has 0 amide bonds. The molecule has 0 radical (unpaired) electrons. The molecule has 2 atom stereocenters. The van der Waals surface area contributed by atoms with Crippen molar-refractivity contribution >= 4 is 0 Å². The van der Waals surface area contributed by atoms with E-state index in [4.69, 9.17) is 4.74 Å². The molecule has 0 bridgehead atoms. The summed E-state index contributed by atoms with van der Waals surface area (Å²) in [6, 6.07) is 28.2. The molecule has 1 unspecified atom stereocenters. The van der Waals surface area contributed by atoms with Crippen LogP contribution in [-0.2, 0) is 17.9 Å². The minimum absolute atomic E-state index is 0.317. The highest BCUT2D eigenvalue weighted by Gasteiger charge is 2.39. The van der Waals surface area contributed by atoms with Crippen molar-refractivity contribution < 1.29 is 4.74 Å². The van der Waals surface area contributed by atoms with Gasteiger partial charge in [0, 0.05) is 25.6 Å². The third-order valence-corrected chi connectivity index (χ3v) is 5.73. The Hall–Kier alpha value is -2.42. The van der Waals surface area contributed by atoms with Gasteiger partial charge < -0.3 is 4.74 Å². The molecule has 2 heterocycles. The van der Waals surface area contributed by atoms with Crippen LogP contribution in [0.25, 0.3) is 11.1 Å². The summed E-state index contributed by atoms with van der Waals surface area (Å²) in [4.78, 5) is 2.54. The maximum atomic E-state index is 6.32. The highest BCUT2D eigenvalue weighted by Crippen LogP contribution is 2.40. The highest BCUT2D eigenvalue weighted by atomic mass is 16.5. The smallest absolute Gasteiger partial charge is 0.0787 e. The molecule has 0 saturated carbocycles. The predicted octanol–water partition coefficient (Wildman–Crippen LogP) is 4.85. The van der Waals surface area contributed by atoms with Gasteiger partial charge in [-0.3, -0.25) is 4.90 Å². The molecular formula is C24H23NO. The highest BCUT2D eigenvalue weighted by molar-refractivity contribution is 5.69. The number of rotatable bonds is 3. The summed E-state index contributed by atoms with van der Waals surface area (Å²) >= 11 is 0. The molecule has 1 saturated heterocycles. The molecule has 5 rings (SSSR count). The van der Waals surface area contributed by atoms with E-state index in [2.05, 4.69) is 83.8 Å². The lowest BCUT2D eigenvalue weighted by Crippen LogP contribution is -2.27. The standard InChI is InChI=1S/C24H23NO/c1-3-8-18(9-4-1)14-25-15-22-21-13-7-12-20(19-10-5-2-6-11-19)23(21)17-26-24(22)16-25/h1-13,22,24H,14-17H2/t22-,24?/m0/s1. The summed E-state index contributed by atoms with van der Waals surface area (Å²) < 4.78 is 6.32. The molecule has 1 fully saturated rings. The second-order valence-electron chi connectivity index (χ2n) is 7.38. The summed E-state index contributed by atoms with van der Waals surface area (Å²) in [6.07, 6.45) is 0.317. The summed E-state index contributed by atoms with van der Waals surface area (Å²) in [6.45, 7) is 3.82. The normalized spacial score (nSPS) is 22.0. The molecule has 2 heteroatoms. The molecule has 26 heavy (non-hydrogen) atoms. The van der Waals surface area contributed by atoms with Crippen LogP contribution in [0.4, 0.5) is 0 Å². The fourth-order valence-corrected chi connectivity index (χ4v) is 4.48. The average Bonchev–Trinajstić information content (AvgIpc) is 3.12. The Morgan fingerprint density at radius 2 is 1.58 bits per heavy atom. The fourth-order valence-electron chi connectivity index (χ4n) is 4.48. The van der Waals surface area contributed by atoms with Gasteiger partial charge >= 0.3 is 0 Å². The first-order valence-electron chi connectivity index (χ1n) is 9.43. The molecule has 0 N–H and O–H groups in total. The Bertz CT molecular complexity index is 891. The van der Waals surface area contributed by atoms with Crippen LogP contribution in [0.3, 0.4) is 0 Å². The SMILES string of the molecule is c1ccc(CN2CC3OCc4c(-c5ccccc5)cccc4[C@@H]3C2)cc1. The van der Waals surface area contributed by atoms with E-state index in [9.17, 15) is 0 Å². The quantitative estimate of drug-likeness (QED) is 0.675. The lowest BCUT2D eigenvalue weighted by atomic mass is 9.85. The molecular weight excluding hydrogens is 318 g/mol. The minimum atomic E-state index is 0.317. The van der Waals surface area contributed by atoms with E-state index in [1.54, 1.807) is 0 Å². The van der Waals surface area contributed by atoms with E-state index in [0.717, 1.165) is 26.2 Å². The van der Waals surface area contributed by atoms with Gasteiger partial charge in [0.25, 0.3) is 0 Å². The molecule has 0 spiro atoms. The number of fused-ring (bicyclic) bond motifs is 3. The minimum Gasteiger partial charge on any atom is -0.371 e. The lowest BCUT2D eigenvalue weighted by Gasteiger charge is -2.29. The van der Waals surface area contributed by atoms with Crippen molar-refractivity contribution in [3.8, 4) is 11.1 Å². The second-order valence-corrected chi connectivity index (χ2v) is 7.38. The third-order valence-electron chi connectivity index (χ3n) is 5.73. The van der Waals surface area contributed by atoms with Gasteiger partial charge in [-0.1, -0.05) is 78.9 Å². The van der Waals surface area contributed by atoms with Gasteiger partial charge in [-0.05, 0) is 27.8 Å². The van der Waals surface area contributed by atoms with E-state index in [1.165, 1.54) is 27.8 Å². The van der Waals surface area contributed by atoms with Gasteiger partial charge in [0.15, 0.2) is 0 Å². The second kappa shape index (κ2) is 6.71. The number of hydrogen-bond donors (Lipinski definition) is 0. The van der Waals surface area contributed by atoms with Gasteiger partial charge in [0.05, 0.1) is 12.7 Å². The number of benzene rings is 3. The molecule has 2 aliphatic heterocycles. The largest absolute Gasteiger partial charge is 0.371 e. The van der Waals surface area contributed by atoms with Crippen molar-refractivity contribution in [2.45, 2.75) is 25.2 Å². The summed E-state index contributed by atoms with van der Waals surface area (Å²) in [5, 5.41) is 0. The Balaban J connectivity index is 1.43. The zero-order valence-electron chi connectivity index (χ0n) is 14.8. The topological polar surface area (TPSA) is 12.5 Å². The Labute approximate surface area is 155 Å². The van der Waals surface area contributed by atoms with E-state index in [1.807, 2.05) is 0 Å². The van der Waals surface area contributed by atoms with E-state index in [0.29, 0.717) is 12.0 Å². The van der Waals surface area contributed by atoms with Gasteiger partial charge in [0.2, 0.25) is 0 Å². The van der Waals surface area contributed by atoms with Crippen LogP contribution < -0.4 is 0 Å². The van der Waals surface area contributed by atoms with Gasteiger partial charge in [0.1, 0.15) is 0 Å². The van der Waals surface area contributed by atoms with Crippen LogP contribution in [0.2, 0.25) is 0 Å². The molecule has 3 aromatic rings. The summed E-state index contributed by atoms with van der Waals surface area (Å²) in [5.74, 6) is 0.478. The Morgan fingerprint density at radius 3 is 2.38 bits per heavy atom. The summed E-state index contributed by atoms with van der Waals surface area (Å²) in [7, 11) is 0. The first-order chi connectivity index (χ1) is 12.9. The molecule has 2 aliphatic rings. The fraction of sp³-hybridized carbons (Fsp3) is 0.250. The molecule has 0 aliphatic carbocycles. The van der Waals surface area contributed by atoms with Gasteiger partial charge in [-0.25, -0.2) is 0 Å². The average molecular weight is 341 g/mol. The monoisotopic (exact) mass is 341 g/mol. The van der Waals surface area contributed by atoms with Gasteiger partial charge in [-0.15, -0.1) is 0 Å². The molecule has 2 nitrogen and oxygen atoms in total. The predicted molar refractivity (Wildman–Crippen MR) is 105 cm³/mol. The van der Waals surface area contributed by atoms with E-state index < -0.39 is 0 Å². The van der Waals surface area contributed by atoms with Crippen LogP contribution in [0.1, 0.15) is 22.6 Å². The number of likely N-dealkylation sites (tertiary alicyclic amines) is 1. The van der Waals surface area contributed by atoms with Crippen molar-refractivity contribution in [2.75, 3.05) is 13.1 Å². The van der Waals surface area contributed by atoms with Crippen LogP contribution in [0.5, 0.6) is 0 Å². The van der Waals surface area contributed by atoms with Crippen molar-refractivity contribution in [1.82, 2.24) is 4.90 Å². The van der Waals surface area contributed by atoms with Crippen LogP contribution in [0, 0.1) is 0 Å².